The van der Waals surface area contributed by atoms with Crippen LogP contribution in [0.3, 0.4) is 0 Å². The highest BCUT2D eigenvalue weighted by molar-refractivity contribution is 9.10. The maximum absolute atomic E-state index is 11.7. The summed E-state index contributed by atoms with van der Waals surface area (Å²) in [5, 5.41) is 0. The Morgan fingerprint density at radius 1 is 1.14 bits per heavy atom. The standard InChI is InChI=1S/C16H18BrN5O7/c1-6(23)26-4-9-11(27-7(2)24)12(28-8(3)25)15(29-9)22-14-10(21-16(22)17)13(18)19-5-20-14/h5,9,11-12,15H,4H2,1-3H3,(H2,18,19,20)/t9-,11+,12-,15+/m0/s1. The van der Waals surface area contributed by atoms with Crippen molar-refractivity contribution in [3.63, 3.8) is 0 Å². The summed E-state index contributed by atoms with van der Waals surface area (Å²) < 4.78 is 23.5. The number of nitrogens with zero attached hydrogens (tertiary/aromatic N) is 4. The van der Waals surface area contributed by atoms with Crippen LogP contribution in [0.1, 0.15) is 27.0 Å². The van der Waals surface area contributed by atoms with Crippen molar-refractivity contribution in [3.05, 3.63) is 11.1 Å². The van der Waals surface area contributed by atoms with Gasteiger partial charge in [0.2, 0.25) is 0 Å². The molecule has 0 radical (unpaired) electrons. The molecule has 1 saturated heterocycles. The number of hydrogen-bond donors (Lipinski definition) is 1. The zero-order chi connectivity index (χ0) is 21.3. The smallest absolute Gasteiger partial charge is 0.303 e. The number of nitrogen functional groups attached to an aromatic ring is 1. The first kappa shape index (κ1) is 20.9. The molecular weight excluding hydrogens is 454 g/mol. The zero-order valence-electron chi connectivity index (χ0n) is 15.7. The Labute approximate surface area is 172 Å². The molecule has 0 aromatic carbocycles. The number of nitrogens with two attached hydrogens (primary N) is 1. The summed E-state index contributed by atoms with van der Waals surface area (Å²) in [6, 6.07) is 0. The molecule has 1 fully saturated rings. The molecule has 2 N–H and O–H groups in total. The van der Waals surface area contributed by atoms with Gasteiger partial charge in [-0.1, -0.05) is 0 Å². The number of rotatable bonds is 5. The third-order valence-corrected chi connectivity index (χ3v) is 4.62. The molecule has 3 rings (SSSR count). The van der Waals surface area contributed by atoms with Gasteiger partial charge in [0, 0.05) is 20.8 Å². The zero-order valence-corrected chi connectivity index (χ0v) is 17.3. The van der Waals surface area contributed by atoms with Crippen LogP contribution in [-0.2, 0) is 33.3 Å². The quantitative estimate of drug-likeness (QED) is 0.367. The van der Waals surface area contributed by atoms with Gasteiger partial charge >= 0.3 is 17.9 Å². The normalized spacial score (nSPS) is 23.7. The summed E-state index contributed by atoms with van der Waals surface area (Å²) >= 11 is 3.32. The second kappa shape index (κ2) is 8.29. The van der Waals surface area contributed by atoms with Gasteiger partial charge in [-0.2, -0.15) is 0 Å². The van der Waals surface area contributed by atoms with Crippen LogP contribution in [0.2, 0.25) is 0 Å². The minimum Gasteiger partial charge on any atom is -0.463 e. The van der Waals surface area contributed by atoms with Gasteiger partial charge in [-0.25, -0.2) is 15.0 Å². The molecule has 2 aromatic rings. The summed E-state index contributed by atoms with van der Waals surface area (Å²) in [5.41, 5.74) is 6.46. The number of aromatic nitrogens is 4. The van der Waals surface area contributed by atoms with Gasteiger partial charge < -0.3 is 24.7 Å². The van der Waals surface area contributed by atoms with Crippen molar-refractivity contribution in [2.24, 2.45) is 0 Å². The Morgan fingerprint density at radius 2 is 1.79 bits per heavy atom. The van der Waals surface area contributed by atoms with Crippen molar-refractivity contribution in [1.82, 2.24) is 19.5 Å². The van der Waals surface area contributed by atoms with Crippen LogP contribution in [0.15, 0.2) is 11.1 Å². The second-order valence-electron chi connectivity index (χ2n) is 6.20. The molecule has 4 atom stereocenters. The number of fused-ring (bicyclic) bond motifs is 1. The molecule has 0 saturated carbocycles. The van der Waals surface area contributed by atoms with E-state index in [-0.39, 0.29) is 17.2 Å². The van der Waals surface area contributed by atoms with E-state index in [1.165, 1.54) is 31.7 Å². The molecule has 13 heteroatoms. The second-order valence-corrected chi connectivity index (χ2v) is 6.91. The molecule has 156 valence electrons. The summed E-state index contributed by atoms with van der Waals surface area (Å²) in [4.78, 5) is 47.0. The van der Waals surface area contributed by atoms with Crippen LogP contribution >= 0.6 is 15.9 Å². The fourth-order valence-electron chi connectivity index (χ4n) is 3.03. The average molecular weight is 472 g/mol. The Kier molecular flexibility index (Phi) is 5.98. The maximum atomic E-state index is 11.7. The Morgan fingerprint density at radius 3 is 2.41 bits per heavy atom. The van der Waals surface area contributed by atoms with Crippen LogP contribution in [0.25, 0.3) is 11.2 Å². The van der Waals surface area contributed by atoms with E-state index >= 15 is 0 Å². The Hall–Kier alpha value is -2.80. The summed E-state index contributed by atoms with van der Waals surface area (Å²) in [6.45, 7) is 3.43. The predicted molar refractivity (Wildman–Crippen MR) is 99.1 cm³/mol. The third-order valence-electron chi connectivity index (χ3n) is 4.06. The fraction of sp³-hybridized carbons (Fsp3) is 0.500. The largest absolute Gasteiger partial charge is 0.463 e. The van der Waals surface area contributed by atoms with Gasteiger partial charge in [0.25, 0.3) is 0 Å². The highest BCUT2D eigenvalue weighted by Crippen LogP contribution is 2.38. The maximum Gasteiger partial charge on any atom is 0.303 e. The van der Waals surface area contributed by atoms with E-state index in [0.717, 1.165) is 0 Å². The van der Waals surface area contributed by atoms with E-state index in [1.54, 1.807) is 0 Å². The van der Waals surface area contributed by atoms with Crippen molar-refractivity contribution in [2.45, 2.75) is 45.3 Å². The van der Waals surface area contributed by atoms with Gasteiger partial charge in [-0.05, 0) is 15.9 Å². The van der Waals surface area contributed by atoms with E-state index < -0.39 is 42.4 Å². The summed E-state index contributed by atoms with van der Waals surface area (Å²) in [5.74, 6) is -1.64. The molecule has 0 aliphatic carbocycles. The molecule has 12 nitrogen and oxygen atoms in total. The van der Waals surface area contributed by atoms with Gasteiger partial charge in [0.15, 0.2) is 40.2 Å². The van der Waals surface area contributed by atoms with Crippen LogP contribution in [-0.4, -0.2) is 62.3 Å². The van der Waals surface area contributed by atoms with Crippen LogP contribution in [0.5, 0.6) is 0 Å². The fourth-order valence-corrected chi connectivity index (χ4v) is 3.57. The number of imidazole rings is 1. The van der Waals surface area contributed by atoms with Crippen molar-refractivity contribution in [3.8, 4) is 0 Å². The molecule has 2 aromatic heterocycles. The number of anilines is 1. The number of halogens is 1. The van der Waals surface area contributed by atoms with Crippen LogP contribution in [0.4, 0.5) is 5.82 Å². The molecule has 1 aliphatic heterocycles. The van der Waals surface area contributed by atoms with Gasteiger partial charge in [0.1, 0.15) is 19.0 Å². The third kappa shape index (κ3) is 4.29. The topological polar surface area (TPSA) is 158 Å². The van der Waals surface area contributed by atoms with E-state index in [0.29, 0.717) is 11.2 Å². The molecule has 0 bridgehead atoms. The van der Waals surface area contributed by atoms with Crippen LogP contribution in [0, 0.1) is 0 Å². The van der Waals surface area contributed by atoms with E-state index in [2.05, 4.69) is 30.9 Å². The molecule has 0 unspecified atom stereocenters. The molecule has 0 amide bonds. The SMILES string of the molecule is CC(=O)OC[C@@H]1O[C@@H](n2c(Br)nc3c(N)ncnc32)[C@@H](OC(C)=O)[C@@H]1OC(C)=O. The van der Waals surface area contributed by atoms with E-state index in [9.17, 15) is 14.4 Å². The monoisotopic (exact) mass is 471 g/mol. The van der Waals surface area contributed by atoms with Crippen molar-refractivity contribution < 1.29 is 33.3 Å². The number of ether oxygens (including phenoxy) is 4. The first-order valence-electron chi connectivity index (χ1n) is 8.46. The Bertz CT molecular complexity index is 965. The molecule has 29 heavy (non-hydrogen) atoms. The van der Waals surface area contributed by atoms with Crippen molar-refractivity contribution >= 4 is 50.8 Å². The lowest BCUT2D eigenvalue weighted by Gasteiger charge is -2.24. The number of carbonyl (C=O) groups is 3. The highest BCUT2D eigenvalue weighted by Gasteiger charge is 2.51. The molecule has 3 heterocycles. The first-order chi connectivity index (χ1) is 13.7. The summed E-state index contributed by atoms with van der Waals surface area (Å²) in [6.07, 6.45) is -2.76. The van der Waals surface area contributed by atoms with Gasteiger partial charge in [-0.3, -0.25) is 19.0 Å². The Balaban J connectivity index is 2.07. The highest BCUT2D eigenvalue weighted by atomic mass is 79.9. The lowest BCUT2D eigenvalue weighted by Crippen LogP contribution is -2.40. The minimum absolute atomic E-state index is 0.143. The van der Waals surface area contributed by atoms with E-state index in [4.69, 9.17) is 24.7 Å². The van der Waals surface area contributed by atoms with Gasteiger partial charge in [0.05, 0.1) is 0 Å². The van der Waals surface area contributed by atoms with Crippen LogP contribution < -0.4 is 5.73 Å². The first-order valence-corrected chi connectivity index (χ1v) is 9.25. The molecular formula is C16H18BrN5O7. The summed E-state index contributed by atoms with van der Waals surface area (Å²) in [7, 11) is 0. The average Bonchev–Trinajstić information content (AvgIpc) is 3.11. The van der Waals surface area contributed by atoms with Crippen molar-refractivity contribution in [1.29, 1.82) is 0 Å². The molecule has 0 spiro atoms. The number of carbonyl (C=O) groups excluding carboxylic acids is 3. The van der Waals surface area contributed by atoms with E-state index in [1.807, 2.05) is 0 Å². The lowest BCUT2D eigenvalue weighted by molar-refractivity contribution is -0.166. The number of esters is 3. The number of hydrogen-bond acceptors (Lipinski definition) is 11. The minimum atomic E-state index is -1.07. The van der Waals surface area contributed by atoms with Gasteiger partial charge in [-0.15, -0.1) is 0 Å². The lowest BCUT2D eigenvalue weighted by atomic mass is 10.1. The predicted octanol–water partition coefficient (Wildman–Crippen LogP) is 0.495. The van der Waals surface area contributed by atoms with Crippen molar-refractivity contribution in [2.75, 3.05) is 12.3 Å². The molecule has 1 aliphatic rings.